The highest BCUT2D eigenvalue weighted by molar-refractivity contribution is 5.73. The van der Waals surface area contributed by atoms with Gasteiger partial charge in [-0.2, -0.15) is 0 Å². The van der Waals surface area contributed by atoms with Gasteiger partial charge in [0.2, 0.25) is 0 Å². The maximum atomic E-state index is 13.8. The van der Waals surface area contributed by atoms with E-state index in [1.54, 1.807) is 35.0 Å². The van der Waals surface area contributed by atoms with Crippen molar-refractivity contribution >= 4 is 11.5 Å². The molecule has 3 rings (SSSR count). The molecule has 0 atom stereocenters. The number of nitrogens with two attached hydrogens (primary N) is 1. The minimum atomic E-state index is -0.428. The summed E-state index contributed by atoms with van der Waals surface area (Å²) in [5.41, 5.74) is 6.33. The van der Waals surface area contributed by atoms with Gasteiger partial charge < -0.3 is 5.73 Å². The zero-order chi connectivity index (χ0) is 11.8. The fraction of sp³-hybridized carbons (Fsp3) is 0. The Labute approximate surface area is 95.7 Å². The fourth-order valence-electron chi connectivity index (χ4n) is 1.69. The summed E-state index contributed by atoms with van der Waals surface area (Å²) in [6.07, 6.45) is 3.31. The highest BCUT2D eigenvalue weighted by atomic mass is 19.1. The normalized spacial score (nSPS) is 10.9. The van der Waals surface area contributed by atoms with Gasteiger partial charge in [-0.15, -0.1) is 10.2 Å². The van der Waals surface area contributed by atoms with Gasteiger partial charge in [0, 0.05) is 18.1 Å². The third-order valence-corrected chi connectivity index (χ3v) is 2.46. The fourth-order valence-corrected chi connectivity index (χ4v) is 1.69. The highest BCUT2D eigenvalue weighted by Crippen LogP contribution is 2.26. The van der Waals surface area contributed by atoms with Crippen LogP contribution in [0.2, 0.25) is 0 Å². The van der Waals surface area contributed by atoms with E-state index in [4.69, 9.17) is 5.73 Å². The van der Waals surface area contributed by atoms with Gasteiger partial charge in [-0.25, -0.2) is 9.37 Å². The molecule has 0 aliphatic rings. The average Bonchev–Trinajstić information content (AvgIpc) is 2.73. The van der Waals surface area contributed by atoms with Gasteiger partial charge in [0.25, 0.3) is 5.78 Å². The molecule has 0 unspecified atom stereocenters. The monoisotopic (exact) mass is 229 g/mol. The number of hydrogen-bond acceptors (Lipinski definition) is 4. The van der Waals surface area contributed by atoms with E-state index in [-0.39, 0.29) is 5.56 Å². The van der Waals surface area contributed by atoms with E-state index in [2.05, 4.69) is 15.2 Å². The van der Waals surface area contributed by atoms with E-state index >= 15 is 0 Å². The number of aromatic nitrogens is 4. The van der Waals surface area contributed by atoms with Crippen molar-refractivity contribution in [2.75, 3.05) is 5.73 Å². The molecule has 0 amide bonds. The number of anilines is 1. The zero-order valence-corrected chi connectivity index (χ0v) is 8.71. The van der Waals surface area contributed by atoms with Crippen LogP contribution in [-0.2, 0) is 0 Å². The van der Waals surface area contributed by atoms with Crippen molar-refractivity contribution in [3.63, 3.8) is 0 Å². The van der Waals surface area contributed by atoms with Crippen LogP contribution in [0.1, 0.15) is 0 Å². The van der Waals surface area contributed by atoms with Crippen LogP contribution in [0, 0.1) is 5.82 Å². The second-order valence-corrected chi connectivity index (χ2v) is 3.52. The third kappa shape index (κ3) is 1.42. The maximum absolute atomic E-state index is 13.8. The number of halogens is 1. The van der Waals surface area contributed by atoms with E-state index in [1.165, 1.54) is 6.07 Å². The molecule has 0 aliphatic heterocycles. The predicted octanol–water partition coefficient (Wildman–Crippen LogP) is 1.51. The summed E-state index contributed by atoms with van der Waals surface area (Å²) in [6.45, 7) is 0. The van der Waals surface area contributed by atoms with Gasteiger partial charge in [0.1, 0.15) is 5.82 Å². The summed E-state index contributed by atoms with van der Waals surface area (Å²) in [6, 6.07) is 6.23. The molecule has 17 heavy (non-hydrogen) atoms. The first-order chi connectivity index (χ1) is 8.27. The van der Waals surface area contributed by atoms with Gasteiger partial charge in [-0.3, -0.25) is 4.40 Å². The van der Waals surface area contributed by atoms with Crippen molar-refractivity contribution in [1.29, 1.82) is 0 Å². The van der Waals surface area contributed by atoms with E-state index in [0.29, 0.717) is 17.3 Å². The number of benzene rings is 1. The second kappa shape index (κ2) is 3.51. The Kier molecular flexibility index (Phi) is 2.01. The molecule has 0 saturated heterocycles. The zero-order valence-electron chi connectivity index (χ0n) is 8.71. The SMILES string of the molecule is Nc1cccc(F)c1-c1nnc2ncccn12. The van der Waals surface area contributed by atoms with Crippen molar-refractivity contribution in [2.24, 2.45) is 0 Å². The molecule has 0 radical (unpaired) electrons. The molecule has 84 valence electrons. The smallest absolute Gasteiger partial charge is 0.255 e. The lowest BCUT2D eigenvalue weighted by Gasteiger charge is -2.04. The van der Waals surface area contributed by atoms with Gasteiger partial charge in [-0.05, 0) is 18.2 Å². The number of rotatable bonds is 1. The lowest BCUT2D eigenvalue weighted by molar-refractivity contribution is 0.630. The van der Waals surface area contributed by atoms with Gasteiger partial charge in [-0.1, -0.05) is 6.07 Å². The average molecular weight is 229 g/mol. The van der Waals surface area contributed by atoms with E-state index < -0.39 is 5.82 Å². The van der Waals surface area contributed by atoms with Crippen molar-refractivity contribution in [3.05, 3.63) is 42.5 Å². The van der Waals surface area contributed by atoms with Crippen LogP contribution in [0.25, 0.3) is 17.2 Å². The topological polar surface area (TPSA) is 69.1 Å². The summed E-state index contributed by atoms with van der Waals surface area (Å²) >= 11 is 0. The molecule has 1 aromatic carbocycles. The van der Waals surface area contributed by atoms with E-state index in [9.17, 15) is 4.39 Å². The number of fused-ring (bicyclic) bond motifs is 1. The molecule has 0 saturated carbocycles. The number of nitrogens with zero attached hydrogens (tertiary/aromatic N) is 4. The molecule has 0 aliphatic carbocycles. The molecular weight excluding hydrogens is 221 g/mol. The molecule has 0 spiro atoms. The molecule has 6 heteroatoms. The van der Waals surface area contributed by atoms with Gasteiger partial charge in [0.05, 0.1) is 5.56 Å². The summed E-state index contributed by atoms with van der Waals surface area (Å²) in [5.74, 6) is 0.331. The predicted molar refractivity (Wildman–Crippen MR) is 60.6 cm³/mol. The third-order valence-electron chi connectivity index (χ3n) is 2.46. The second-order valence-electron chi connectivity index (χ2n) is 3.52. The first-order valence-electron chi connectivity index (χ1n) is 4.97. The standard InChI is InChI=1S/C11H8FN5/c12-7-3-1-4-8(13)9(7)10-15-16-11-14-5-2-6-17(10)11/h1-6H,13H2. The van der Waals surface area contributed by atoms with E-state index in [0.717, 1.165) is 0 Å². The Morgan fingerprint density at radius 3 is 2.88 bits per heavy atom. The van der Waals surface area contributed by atoms with Crippen LogP contribution in [0.4, 0.5) is 10.1 Å². The van der Waals surface area contributed by atoms with Crippen LogP contribution < -0.4 is 5.73 Å². The molecule has 2 heterocycles. The summed E-state index contributed by atoms with van der Waals surface area (Å²) in [7, 11) is 0. The molecule has 0 fully saturated rings. The van der Waals surface area contributed by atoms with Gasteiger partial charge >= 0.3 is 0 Å². The highest BCUT2D eigenvalue weighted by Gasteiger charge is 2.15. The van der Waals surface area contributed by atoms with Crippen molar-refractivity contribution < 1.29 is 4.39 Å². The Balaban J connectivity index is 2.35. The molecule has 5 nitrogen and oxygen atoms in total. The molecule has 2 aromatic heterocycles. The van der Waals surface area contributed by atoms with Crippen LogP contribution in [-0.4, -0.2) is 19.6 Å². The Morgan fingerprint density at radius 2 is 2.06 bits per heavy atom. The first kappa shape index (κ1) is 9.71. The van der Waals surface area contributed by atoms with Crippen molar-refractivity contribution in [1.82, 2.24) is 19.6 Å². The number of nitrogen functional groups attached to an aromatic ring is 1. The Bertz CT molecular complexity index is 671. The summed E-state index contributed by atoms with van der Waals surface area (Å²) < 4.78 is 15.4. The maximum Gasteiger partial charge on any atom is 0.255 e. The quantitative estimate of drug-likeness (QED) is 0.642. The molecular formula is C11H8FN5. The Morgan fingerprint density at radius 1 is 1.18 bits per heavy atom. The van der Waals surface area contributed by atoms with Crippen molar-refractivity contribution in [2.45, 2.75) is 0 Å². The summed E-state index contributed by atoms with van der Waals surface area (Å²) in [5, 5.41) is 7.77. The van der Waals surface area contributed by atoms with Gasteiger partial charge in [0.15, 0.2) is 5.82 Å². The molecule has 2 N–H and O–H groups in total. The lowest BCUT2D eigenvalue weighted by Crippen LogP contribution is -1.97. The van der Waals surface area contributed by atoms with Crippen LogP contribution >= 0.6 is 0 Å². The van der Waals surface area contributed by atoms with Crippen LogP contribution in [0.5, 0.6) is 0 Å². The molecule has 0 bridgehead atoms. The van der Waals surface area contributed by atoms with Crippen molar-refractivity contribution in [3.8, 4) is 11.4 Å². The largest absolute Gasteiger partial charge is 0.398 e. The molecule has 3 aromatic rings. The lowest BCUT2D eigenvalue weighted by atomic mass is 10.1. The van der Waals surface area contributed by atoms with E-state index in [1.807, 2.05) is 0 Å². The Hall–Kier alpha value is -2.50. The summed E-state index contributed by atoms with van der Waals surface area (Å²) in [4.78, 5) is 4.01. The van der Waals surface area contributed by atoms with Crippen LogP contribution in [0.3, 0.4) is 0 Å². The minimum absolute atomic E-state index is 0.244. The first-order valence-corrected chi connectivity index (χ1v) is 4.97. The van der Waals surface area contributed by atoms with Crippen LogP contribution in [0.15, 0.2) is 36.7 Å². The minimum Gasteiger partial charge on any atom is -0.398 e. The number of hydrogen-bond donors (Lipinski definition) is 1.